The first-order chi connectivity index (χ1) is 8.55. The lowest BCUT2D eigenvalue weighted by molar-refractivity contribution is -0.134. The fourth-order valence-electron chi connectivity index (χ4n) is 1.99. The second-order valence-corrected chi connectivity index (χ2v) is 5.39. The van der Waals surface area contributed by atoms with E-state index in [-0.39, 0.29) is 0 Å². The summed E-state index contributed by atoms with van der Waals surface area (Å²) in [5.74, 6) is 0. The summed E-state index contributed by atoms with van der Waals surface area (Å²) in [6.45, 7) is 3.69. The van der Waals surface area contributed by atoms with Crippen LogP contribution in [0.3, 0.4) is 0 Å². The largest absolute Gasteiger partial charge is 0.427 e. The van der Waals surface area contributed by atoms with Crippen LogP contribution in [0.15, 0.2) is 6.20 Å². The maximum atomic E-state index is 12.3. The monoisotopic (exact) mass is 279 g/mol. The quantitative estimate of drug-likeness (QED) is 0.918. The van der Waals surface area contributed by atoms with Gasteiger partial charge in [-0.3, -0.25) is 0 Å². The Balaban J connectivity index is 1.74. The number of anilines is 1. The van der Waals surface area contributed by atoms with E-state index in [2.05, 4.69) is 15.2 Å². The van der Waals surface area contributed by atoms with Crippen LogP contribution in [0.25, 0.3) is 0 Å². The Morgan fingerprint density at radius 1 is 1.28 bits per heavy atom. The van der Waals surface area contributed by atoms with Crippen molar-refractivity contribution in [1.29, 1.82) is 0 Å². The van der Waals surface area contributed by atoms with E-state index >= 15 is 0 Å². The Bertz CT molecular complexity index is 372. The van der Waals surface area contributed by atoms with Crippen molar-refractivity contribution in [2.24, 2.45) is 0 Å². The minimum atomic E-state index is -4.29. The van der Waals surface area contributed by atoms with Crippen molar-refractivity contribution in [1.82, 2.24) is 9.88 Å². The average molecular weight is 279 g/mol. The van der Waals surface area contributed by atoms with Gasteiger partial charge in [-0.2, -0.15) is 13.2 Å². The molecule has 0 amide bonds. The van der Waals surface area contributed by atoms with Crippen LogP contribution in [-0.4, -0.2) is 36.1 Å². The number of halogens is 3. The number of rotatable bonds is 4. The molecule has 0 aliphatic carbocycles. The maximum Gasteiger partial charge on any atom is 0.427 e. The Labute approximate surface area is 108 Å². The number of alkyl halides is 3. The molecule has 2 heterocycles. The molecule has 1 aromatic rings. The predicted octanol–water partition coefficient (Wildman–Crippen LogP) is 3.06. The summed E-state index contributed by atoms with van der Waals surface area (Å²) in [6, 6.07) is 0. The minimum absolute atomic E-state index is 0.347. The fraction of sp³-hybridized carbons (Fsp3) is 0.727. The summed E-state index contributed by atoms with van der Waals surface area (Å²) in [7, 11) is 0. The van der Waals surface area contributed by atoms with E-state index in [1.165, 1.54) is 19.3 Å². The van der Waals surface area contributed by atoms with Gasteiger partial charge in [0, 0.05) is 13.1 Å². The molecule has 0 unspecified atom stereocenters. The first-order valence-electron chi connectivity index (χ1n) is 6.05. The number of aromatic nitrogens is 1. The molecular formula is C11H16F3N3S. The van der Waals surface area contributed by atoms with E-state index in [0.717, 1.165) is 25.8 Å². The topological polar surface area (TPSA) is 28.2 Å². The number of hydrogen-bond acceptors (Lipinski definition) is 4. The van der Waals surface area contributed by atoms with E-state index in [1.807, 2.05) is 0 Å². The highest BCUT2D eigenvalue weighted by Gasteiger charge is 2.33. The molecule has 1 aromatic heterocycles. The summed E-state index contributed by atoms with van der Waals surface area (Å²) >= 11 is 0.661. The van der Waals surface area contributed by atoms with Crippen molar-refractivity contribution in [2.75, 3.05) is 31.5 Å². The van der Waals surface area contributed by atoms with E-state index in [4.69, 9.17) is 0 Å². The van der Waals surface area contributed by atoms with Crippen LogP contribution in [0.5, 0.6) is 0 Å². The molecule has 2 rings (SSSR count). The Morgan fingerprint density at radius 3 is 2.61 bits per heavy atom. The average Bonchev–Trinajstić information content (AvgIpc) is 2.79. The molecule has 3 nitrogen and oxygen atoms in total. The van der Waals surface area contributed by atoms with Gasteiger partial charge in [0.05, 0.1) is 6.20 Å². The van der Waals surface area contributed by atoms with Gasteiger partial charge in [-0.05, 0) is 25.9 Å². The molecule has 1 fully saturated rings. The van der Waals surface area contributed by atoms with Crippen LogP contribution in [0.2, 0.25) is 0 Å². The third-order valence-electron chi connectivity index (χ3n) is 2.94. The Morgan fingerprint density at radius 2 is 2.00 bits per heavy atom. The van der Waals surface area contributed by atoms with E-state index in [9.17, 15) is 13.2 Å². The van der Waals surface area contributed by atoms with Crippen molar-refractivity contribution in [3.8, 4) is 0 Å². The summed E-state index contributed by atoms with van der Waals surface area (Å²) in [4.78, 5) is 5.41. The van der Waals surface area contributed by atoms with Gasteiger partial charge in [-0.1, -0.05) is 17.8 Å². The van der Waals surface area contributed by atoms with Crippen LogP contribution in [0.4, 0.5) is 18.3 Å². The van der Waals surface area contributed by atoms with Gasteiger partial charge in [0.25, 0.3) is 0 Å². The number of hydrogen-bond donors (Lipinski definition) is 1. The van der Waals surface area contributed by atoms with Crippen LogP contribution >= 0.6 is 11.3 Å². The zero-order valence-corrected chi connectivity index (χ0v) is 10.8. The lowest BCUT2D eigenvalue weighted by Gasteiger charge is -2.26. The van der Waals surface area contributed by atoms with Gasteiger partial charge in [-0.15, -0.1) is 0 Å². The van der Waals surface area contributed by atoms with Gasteiger partial charge < -0.3 is 10.2 Å². The minimum Gasteiger partial charge on any atom is -0.360 e. The maximum absolute atomic E-state index is 12.3. The number of likely N-dealkylation sites (tertiary alicyclic amines) is 1. The van der Waals surface area contributed by atoms with Crippen LogP contribution < -0.4 is 5.32 Å². The lowest BCUT2D eigenvalue weighted by atomic mass is 10.1. The molecule has 0 saturated carbocycles. The summed E-state index contributed by atoms with van der Waals surface area (Å²) in [5, 5.41) is 3.30. The van der Waals surface area contributed by atoms with Gasteiger partial charge >= 0.3 is 6.18 Å². The standard InChI is InChI=1S/C11H16F3N3S/c12-11(13,14)9-8-16-10(18-9)15-4-7-17-5-2-1-3-6-17/h8H,1-7H2,(H,15,16). The molecule has 1 aliphatic heterocycles. The van der Waals surface area contributed by atoms with E-state index < -0.39 is 11.1 Å². The van der Waals surface area contributed by atoms with Crippen LogP contribution in [0.1, 0.15) is 24.1 Å². The smallest absolute Gasteiger partial charge is 0.360 e. The zero-order valence-electron chi connectivity index (χ0n) is 9.96. The third kappa shape index (κ3) is 3.84. The normalized spacial score (nSPS) is 17.9. The molecule has 1 N–H and O–H groups in total. The summed E-state index contributed by atoms with van der Waals surface area (Å²) in [6.07, 6.45) is 0.314. The van der Waals surface area contributed by atoms with Crippen LogP contribution in [-0.2, 0) is 6.18 Å². The number of nitrogens with zero attached hydrogens (tertiary/aromatic N) is 2. The first-order valence-corrected chi connectivity index (χ1v) is 6.86. The van der Waals surface area contributed by atoms with Crippen molar-refractivity contribution in [3.63, 3.8) is 0 Å². The summed E-state index contributed by atoms with van der Waals surface area (Å²) in [5.41, 5.74) is 0. The Hall–Kier alpha value is -0.820. The molecule has 0 atom stereocenters. The van der Waals surface area contributed by atoms with Crippen molar-refractivity contribution in [2.45, 2.75) is 25.4 Å². The second kappa shape index (κ2) is 5.88. The Kier molecular flexibility index (Phi) is 4.45. The highest BCUT2D eigenvalue weighted by molar-refractivity contribution is 7.15. The van der Waals surface area contributed by atoms with Crippen molar-refractivity contribution in [3.05, 3.63) is 11.1 Å². The molecular weight excluding hydrogens is 263 g/mol. The van der Waals surface area contributed by atoms with Crippen molar-refractivity contribution < 1.29 is 13.2 Å². The molecule has 7 heteroatoms. The third-order valence-corrected chi connectivity index (χ3v) is 3.94. The highest BCUT2D eigenvalue weighted by atomic mass is 32.1. The second-order valence-electron chi connectivity index (χ2n) is 4.36. The predicted molar refractivity (Wildman–Crippen MR) is 65.9 cm³/mol. The molecule has 0 aromatic carbocycles. The number of nitrogens with one attached hydrogen (secondary N) is 1. The van der Waals surface area contributed by atoms with Gasteiger partial charge in [-0.25, -0.2) is 4.98 Å². The number of thiazole rings is 1. The SMILES string of the molecule is FC(F)(F)c1cnc(NCCN2CCCCC2)s1. The van der Waals surface area contributed by atoms with Crippen molar-refractivity contribution >= 4 is 16.5 Å². The summed E-state index contributed by atoms with van der Waals surface area (Å²) < 4.78 is 37.0. The fourth-order valence-corrected chi connectivity index (χ4v) is 2.70. The van der Waals surface area contributed by atoms with Gasteiger partial charge in [0.15, 0.2) is 5.13 Å². The van der Waals surface area contributed by atoms with Gasteiger partial charge in [0.2, 0.25) is 0 Å². The molecule has 102 valence electrons. The molecule has 18 heavy (non-hydrogen) atoms. The molecule has 1 saturated heterocycles. The lowest BCUT2D eigenvalue weighted by Crippen LogP contribution is -2.33. The van der Waals surface area contributed by atoms with E-state index in [1.54, 1.807) is 0 Å². The molecule has 1 aliphatic rings. The zero-order chi connectivity index (χ0) is 13.0. The highest BCUT2D eigenvalue weighted by Crippen LogP contribution is 2.34. The number of piperidine rings is 1. The first kappa shape index (κ1) is 13.6. The van der Waals surface area contributed by atoms with Gasteiger partial charge in [0.1, 0.15) is 4.88 Å². The molecule has 0 bridgehead atoms. The van der Waals surface area contributed by atoms with Crippen LogP contribution in [0, 0.1) is 0 Å². The molecule has 0 radical (unpaired) electrons. The molecule has 0 spiro atoms. The van der Waals surface area contributed by atoms with E-state index in [0.29, 0.717) is 23.0 Å².